The van der Waals surface area contributed by atoms with E-state index in [-0.39, 0.29) is 17.4 Å². The molecule has 1 aliphatic rings. The largest absolute Gasteiger partial charge is 0.497 e. The van der Waals surface area contributed by atoms with Crippen molar-refractivity contribution in [1.29, 1.82) is 0 Å². The molecule has 5 rings (SSSR count). The lowest BCUT2D eigenvalue weighted by molar-refractivity contribution is 0.0692. The number of methoxy groups -OCH3 is 1. The lowest BCUT2D eigenvalue weighted by Gasteiger charge is -2.16. The third-order valence-electron chi connectivity index (χ3n) is 6.10. The van der Waals surface area contributed by atoms with Gasteiger partial charge in [-0.05, 0) is 64.9 Å². The second-order valence-corrected chi connectivity index (χ2v) is 8.37. The summed E-state index contributed by atoms with van der Waals surface area (Å²) in [6.07, 6.45) is 6.61. The maximum Gasteiger partial charge on any atom is 0.352 e. The minimum absolute atomic E-state index is 0.0196. The molecule has 0 unspecified atom stereocenters. The highest BCUT2D eigenvalue weighted by atomic mass is 19.1. The standard InChI is InChI=1S/C26H23FN2O3/c1-13(2)22-23(19-12-16(32-3)9-14-5-4-6-17(14)19)25(26(30)31)29-24(22)20-10-15(27)11-21-18(20)7-8-28-21/h4,6-13,28-29H,5H2,1-3H3,(H,30,31). The number of halogens is 1. The molecule has 2 aromatic carbocycles. The number of nitrogens with one attached hydrogen (secondary N) is 2. The van der Waals surface area contributed by atoms with E-state index in [0.717, 1.165) is 34.1 Å². The van der Waals surface area contributed by atoms with E-state index in [9.17, 15) is 14.3 Å². The van der Waals surface area contributed by atoms with E-state index in [1.807, 2.05) is 38.1 Å². The fourth-order valence-corrected chi connectivity index (χ4v) is 4.76. The number of aromatic carboxylic acids is 1. The summed E-state index contributed by atoms with van der Waals surface area (Å²) in [6, 6.07) is 8.64. The minimum Gasteiger partial charge on any atom is -0.497 e. The number of carbonyl (C=O) groups is 1. The van der Waals surface area contributed by atoms with Crippen LogP contribution in [0.3, 0.4) is 0 Å². The van der Waals surface area contributed by atoms with Crippen LogP contribution in [-0.2, 0) is 6.42 Å². The first-order valence-electron chi connectivity index (χ1n) is 10.5. The summed E-state index contributed by atoms with van der Waals surface area (Å²) >= 11 is 0. The predicted molar refractivity (Wildman–Crippen MR) is 124 cm³/mol. The van der Waals surface area contributed by atoms with Gasteiger partial charge in [-0.2, -0.15) is 0 Å². The van der Waals surface area contributed by atoms with Crippen LogP contribution < -0.4 is 4.74 Å². The van der Waals surface area contributed by atoms with Crippen molar-refractivity contribution < 1.29 is 19.0 Å². The molecule has 5 nitrogen and oxygen atoms in total. The molecule has 0 saturated carbocycles. The van der Waals surface area contributed by atoms with Gasteiger partial charge in [0.05, 0.1) is 12.8 Å². The van der Waals surface area contributed by atoms with Crippen molar-refractivity contribution in [2.24, 2.45) is 0 Å². The Kier molecular flexibility index (Phi) is 4.66. The summed E-state index contributed by atoms with van der Waals surface area (Å²) in [5, 5.41) is 11.0. The number of carboxylic acids is 1. The summed E-state index contributed by atoms with van der Waals surface area (Å²) in [5.74, 6) is -0.792. The van der Waals surface area contributed by atoms with Crippen molar-refractivity contribution in [3.63, 3.8) is 0 Å². The third-order valence-corrected chi connectivity index (χ3v) is 6.10. The van der Waals surface area contributed by atoms with Crippen LogP contribution in [0.5, 0.6) is 5.75 Å². The van der Waals surface area contributed by atoms with Crippen LogP contribution in [0.4, 0.5) is 4.39 Å². The van der Waals surface area contributed by atoms with Crippen LogP contribution in [0, 0.1) is 5.82 Å². The van der Waals surface area contributed by atoms with Gasteiger partial charge in [0.25, 0.3) is 0 Å². The fraction of sp³-hybridized carbons (Fsp3) is 0.192. The molecule has 2 aromatic heterocycles. The van der Waals surface area contributed by atoms with Crippen LogP contribution in [0.1, 0.15) is 46.9 Å². The monoisotopic (exact) mass is 430 g/mol. The summed E-state index contributed by atoms with van der Waals surface area (Å²) in [4.78, 5) is 18.6. The first kappa shape index (κ1) is 20.1. The van der Waals surface area contributed by atoms with Crippen molar-refractivity contribution in [2.45, 2.75) is 26.2 Å². The number of hydrogen-bond acceptors (Lipinski definition) is 2. The Labute approximate surface area is 184 Å². The molecule has 2 heterocycles. The molecule has 162 valence electrons. The fourth-order valence-electron chi connectivity index (χ4n) is 4.76. The molecule has 0 saturated heterocycles. The molecule has 4 aromatic rings. The van der Waals surface area contributed by atoms with Crippen molar-refractivity contribution in [2.75, 3.05) is 7.11 Å². The predicted octanol–water partition coefficient (Wildman–Crippen LogP) is 6.37. The van der Waals surface area contributed by atoms with E-state index >= 15 is 0 Å². The second-order valence-electron chi connectivity index (χ2n) is 8.37. The molecular formula is C26H23FN2O3. The number of H-pyrrole nitrogens is 2. The summed E-state index contributed by atoms with van der Waals surface area (Å²) < 4.78 is 20.0. The van der Waals surface area contributed by atoms with Gasteiger partial charge in [-0.1, -0.05) is 26.0 Å². The average Bonchev–Trinajstić information content (AvgIpc) is 3.49. The van der Waals surface area contributed by atoms with Gasteiger partial charge in [-0.15, -0.1) is 0 Å². The smallest absolute Gasteiger partial charge is 0.352 e. The topological polar surface area (TPSA) is 78.1 Å². The number of aromatic amines is 2. The number of benzene rings is 2. The van der Waals surface area contributed by atoms with E-state index < -0.39 is 5.97 Å². The van der Waals surface area contributed by atoms with Crippen LogP contribution in [0.25, 0.3) is 39.4 Å². The van der Waals surface area contributed by atoms with E-state index in [4.69, 9.17) is 4.74 Å². The lowest BCUT2D eigenvalue weighted by atomic mass is 9.87. The molecule has 0 spiro atoms. The summed E-state index contributed by atoms with van der Waals surface area (Å²) in [5.41, 5.74) is 6.35. The van der Waals surface area contributed by atoms with E-state index in [2.05, 4.69) is 16.0 Å². The number of carboxylic acid groups (broad SMARTS) is 1. The number of allylic oxidation sites excluding steroid dienone is 1. The van der Waals surface area contributed by atoms with Crippen LogP contribution >= 0.6 is 0 Å². The lowest BCUT2D eigenvalue weighted by Crippen LogP contribution is -2.02. The van der Waals surface area contributed by atoms with Gasteiger partial charge >= 0.3 is 5.97 Å². The Balaban J connectivity index is 1.89. The highest BCUT2D eigenvalue weighted by Crippen LogP contribution is 2.45. The zero-order valence-corrected chi connectivity index (χ0v) is 18.0. The van der Waals surface area contributed by atoms with Crippen LogP contribution in [0.2, 0.25) is 0 Å². The van der Waals surface area contributed by atoms with Gasteiger partial charge in [0.1, 0.15) is 17.3 Å². The summed E-state index contributed by atoms with van der Waals surface area (Å²) in [6.45, 7) is 4.04. The first-order valence-corrected chi connectivity index (χ1v) is 10.5. The Hall–Kier alpha value is -3.80. The van der Waals surface area contributed by atoms with Crippen LogP contribution in [-0.4, -0.2) is 28.2 Å². The van der Waals surface area contributed by atoms with Gasteiger partial charge in [0.2, 0.25) is 0 Å². The van der Waals surface area contributed by atoms with Crippen molar-refractivity contribution in [3.05, 3.63) is 70.8 Å². The molecular weight excluding hydrogens is 407 g/mol. The van der Waals surface area contributed by atoms with Gasteiger partial charge in [0.15, 0.2) is 0 Å². The molecule has 0 atom stereocenters. The number of hydrogen-bond donors (Lipinski definition) is 3. The Bertz CT molecular complexity index is 1410. The Morgan fingerprint density at radius 2 is 2.00 bits per heavy atom. The third kappa shape index (κ3) is 3.02. The molecule has 0 aliphatic heterocycles. The van der Waals surface area contributed by atoms with Gasteiger partial charge in [-0.3, -0.25) is 0 Å². The van der Waals surface area contributed by atoms with E-state index in [1.165, 1.54) is 12.1 Å². The second kappa shape index (κ2) is 7.41. The molecule has 0 radical (unpaired) electrons. The van der Waals surface area contributed by atoms with Crippen molar-refractivity contribution >= 4 is 22.9 Å². The van der Waals surface area contributed by atoms with Crippen molar-refractivity contribution in [3.8, 4) is 28.1 Å². The zero-order valence-electron chi connectivity index (χ0n) is 18.0. The van der Waals surface area contributed by atoms with Crippen LogP contribution in [0.15, 0.2) is 42.6 Å². The Morgan fingerprint density at radius 3 is 2.72 bits per heavy atom. The number of rotatable bonds is 5. The van der Waals surface area contributed by atoms with E-state index in [0.29, 0.717) is 28.1 Å². The normalized spacial score (nSPS) is 12.7. The van der Waals surface area contributed by atoms with Gasteiger partial charge < -0.3 is 19.8 Å². The highest BCUT2D eigenvalue weighted by Gasteiger charge is 2.29. The highest BCUT2D eigenvalue weighted by molar-refractivity contribution is 6.03. The molecule has 0 amide bonds. The molecule has 32 heavy (non-hydrogen) atoms. The van der Waals surface area contributed by atoms with E-state index in [1.54, 1.807) is 13.3 Å². The molecule has 0 fully saturated rings. The van der Waals surface area contributed by atoms with Gasteiger partial charge in [0, 0.05) is 28.2 Å². The molecule has 6 heteroatoms. The molecule has 1 aliphatic carbocycles. The SMILES string of the molecule is COc1cc2c(c(-c3c(C(=O)O)[nH]c(-c4cc(F)cc5[nH]ccc45)c3C(C)C)c1)C=CC2. The first-order chi connectivity index (χ1) is 15.4. The summed E-state index contributed by atoms with van der Waals surface area (Å²) in [7, 11) is 1.60. The maximum absolute atomic E-state index is 14.5. The number of ether oxygens (including phenoxy) is 1. The maximum atomic E-state index is 14.5. The zero-order chi connectivity index (χ0) is 22.6. The van der Waals surface area contributed by atoms with Gasteiger partial charge in [-0.25, -0.2) is 9.18 Å². The molecule has 3 N–H and O–H groups in total. The van der Waals surface area contributed by atoms with Crippen molar-refractivity contribution in [1.82, 2.24) is 9.97 Å². The molecule has 0 bridgehead atoms. The Morgan fingerprint density at radius 1 is 1.19 bits per heavy atom. The average molecular weight is 430 g/mol. The number of fused-ring (bicyclic) bond motifs is 2. The quantitative estimate of drug-likeness (QED) is 0.344. The number of aromatic nitrogens is 2. The minimum atomic E-state index is -1.06.